The molecule has 2 aliphatic rings. The fraction of sp³-hybridized carbons (Fsp3) is 0.395. The van der Waals surface area contributed by atoms with E-state index in [-0.39, 0.29) is 238 Å². The number of alkyl halides is 3. The van der Waals surface area contributed by atoms with Crippen molar-refractivity contribution in [2.45, 2.75) is 103 Å². The van der Waals surface area contributed by atoms with E-state index in [0.29, 0.717) is 56.2 Å². The number of ether oxygens (including phenoxy) is 8. The summed E-state index contributed by atoms with van der Waals surface area (Å²) in [5, 5.41) is 52.1. The van der Waals surface area contributed by atoms with E-state index in [1.54, 1.807) is 39.8 Å². The first-order chi connectivity index (χ1) is 60.9. The number of aromatic carboxylic acids is 4. The predicted molar refractivity (Wildman–Crippen MR) is 538 cm³/mol. The normalized spacial score (nSPS) is 13.5. The van der Waals surface area contributed by atoms with E-state index < -0.39 is 90.1 Å². The minimum absolute atomic E-state index is 0.00344. The summed E-state index contributed by atoms with van der Waals surface area (Å²) in [6.45, 7) is 7.16. The Morgan fingerprint density at radius 1 is 0.422 bits per heavy atom. The third-order valence-corrected chi connectivity index (χ3v) is 24.8. The summed E-state index contributed by atoms with van der Waals surface area (Å²) in [7, 11) is -0.102. The van der Waals surface area contributed by atoms with Gasteiger partial charge < -0.3 is 84.5 Å². The van der Waals surface area contributed by atoms with Gasteiger partial charge in [0, 0.05) is 113 Å². The quantitative estimate of drug-likeness (QED) is 0.00323. The van der Waals surface area contributed by atoms with Gasteiger partial charge >= 0.3 is 23.9 Å². The Kier molecular flexibility index (Phi) is 41.7. The molecule has 0 atom stereocenters. The first kappa shape index (κ1) is 106. The number of carbonyl (C=O) groups excluding carboxylic acids is 4. The highest BCUT2D eigenvalue weighted by Crippen LogP contribution is 2.51. The Balaban J connectivity index is 1.25. The number of rotatable bonds is 55. The molecule has 128 heavy (non-hydrogen) atoms. The zero-order valence-electron chi connectivity index (χ0n) is 71.8. The van der Waals surface area contributed by atoms with Crippen molar-refractivity contribution >= 4 is 246 Å². The van der Waals surface area contributed by atoms with Gasteiger partial charge in [0.1, 0.15) is 96.1 Å². The molecule has 0 fully saturated rings. The van der Waals surface area contributed by atoms with Crippen LogP contribution < -0.4 is 64.1 Å². The predicted octanol–water partition coefficient (Wildman–Crippen LogP) is 9.50. The summed E-state index contributed by atoms with van der Waals surface area (Å²) >= 11 is 12.8. The maximum Gasteiger partial charge on any atom is 0.335 e. The molecule has 0 bridgehead atoms. The van der Waals surface area contributed by atoms with Gasteiger partial charge in [-0.05, 0) is 212 Å². The largest absolute Gasteiger partial charge is 0.484 e. The Morgan fingerprint density at radius 2 is 0.734 bits per heavy atom. The van der Waals surface area contributed by atoms with Crippen LogP contribution in [-0.4, -0.2) is 234 Å². The summed E-state index contributed by atoms with van der Waals surface area (Å²) < 4.78 is 121. The molecule has 0 aromatic heterocycles. The van der Waals surface area contributed by atoms with Gasteiger partial charge in [-0.25, -0.2) is 19.2 Å². The van der Waals surface area contributed by atoms with Gasteiger partial charge in [-0.3, -0.25) is 28.3 Å². The molecule has 47 heteroatoms. The molecule has 0 spiro atoms. The summed E-state index contributed by atoms with van der Waals surface area (Å²) in [6.07, 6.45) is 6.78. The summed E-state index contributed by atoms with van der Waals surface area (Å²) in [6, 6.07) is 17.4. The monoisotopic (exact) mass is 2230 g/mol. The van der Waals surface area contributed by atoms with E-state index in [2.05, 4.69) is 21.3 Å². The van der Waals surface area contributed by atoms with E-state index >= 15 is 9.59 Å². The van der Waals surface area contributed by atoms with Gasteiger partial charge in [0.05, 0.1) is 50.3 Å². The topological polar surface area (TPSA) is 454 Å². The number of carboxylic acids is 4. The lowest BCUT2D eigenvalue weighted by atomic mass is 9.78. The molecule has 32 nitrogen and oxygen atoms in total. The highest BCUT2D eigenvalue weighted by atomic mass is 127. The van der Waals surface area contributed by atoms with Crippen molar-refractivity contribution in [1.29, 1.82) is 0 Å². The summed E-state index contributed by atoms with van der Waals surface area (Å²) in [5.74, 6) is -5.56. The molecule has 0 radical (unpaired) electrons. The number of carboxylic acid groups (broad SMARTS) is 4. The van der Waals surface area contributed by atoms with Crippen LogP contribution >= 0.6 is 126 Å². The minimum Gasteiger partial charge on any atom is -0.484 e. The number of benzene rings is 6. The number of nitrogens with zero attached hydrogens (tertiary/aromatic N) is 2. The van der Waals surface area contributed by atoms with Gasteiger partial charge in [0.25, 0.3) is 43.9 Å². The van der Waals surface area contributed by atoms with Crippen molar-refractivity contribution in [3.63, 3.8) is 0 Å². The second-order valence-corrected chi connectivity index (χ2v) is 39.0. The highest BCUT2D eigenvalue weighted by Gasteiger charge is 2.49. The van der Waals surface area contributed by atoms with Crippen LogP contribution in [0.5, 0.6) is 46.0 Å². The molecule has 0 unspecified atom stereocenters. The van der Waals surface area contributed by atoms with E-state index in [0.717, 1.165) is 0 Å². The van der Waals surface area contributed by atoms with E-state index in [4.69, 9.17) is 37.9 Å². The van der Waals surface area contributed by atoms with Crippen LogP contribution in [-0.2, 0) is 56.7 Å². The highest BCUT2D eigenvalue weighted by molar-refractivity contribution is 14.1. The average molecular weight is 2230 g/mol. The van der Waals surface area contributed by atoms with Crippen molar-refractivity contribution < 1.29 is 127 Å². The number of anilines is 1. The van der Waals surface area contributed by atoms with Crippen LogP contribution in [0.25, 0.3) is 0 Å². The molecule has 10 N–H and O–H groups in total. The van der Waals surface area contributed by atoms with Gasteiger partial charge in [0.15, 0.2) is 41.3 Å². The number of fused-ring (bicyclic) bond motifs is 2. The van der Waals surface area contributed by atoms with Crippen molar-refractivity contribution in [3.8, 4) is 46.0 Å². The van der Waals surface area contributed by atoms with Gasteiger partial charge in [0.2, 0.25) is 5.69 Å². The number of allylic oxidation sites excluding steroid dienone is 4. The van der Waals surface area contributed by atoms with Crippen LogP contribution in [0, 0.1) is 0 Å². The third kappa shape index (κ3) is 29.0. The van der Waals surface area contributed by atoms with E-state index in [1.165, 1.54) is 119 Å². The standard InChI is InChI=1S/C81H98B5I3N6O26S7/c1-80(2)68(94(22-10-24-127(108,109)110)58-28-46(72(96)90-18-6-12-52-60(114-38-87)30-48(76(100)101)33-63(52)117-41-122-82)26-56(70(58)80)74(98)92-20-8-14-54-62(116-40-89)32-50(78(104)105)35-65(54)119-43-124-84)16-5-17-69-81(3,4)71-57(75(99)93-21-9-15-55-66(120-44-125-85)36-51(79(106)107)37-67(55)121-45-126-86)27-47(29-59(71)95(69)23-11-25-128(111,112)113)73(97)91-19-7-13-53-61(115-39-88)31-49(77(102)103)34-64(53)118-42-123-83/h5,16-17,26-37H,6-15,18-25,38-45,82-86H2,1-4H3,(H9-,90,91,92,93,96,97,98,99,100,101,102,103,104,105,106,107,108,109,110,111,112,113)/p+1. The molecule has 4 amide bonds. The Morgan fingerprint density at radius 3 is 1.05 bits per heavy atom. The Labute approximate surface area is 809 Å². The SMILES string of the molecule is BSCOc1cc(C(=O)O)cc(OCI)c1CCCNC(=O)c1cc(C(=O)NCCCc2c(OCI)cc(C(=O)O)cc2OCSB)c2c(c1)N(CCCS(=O)(=O)O)/C(=C/C=C/C1=[N+](CCCS(=O)(=O)O)c3cc(C(=O)NCCCc4c(OCI)cc(C(=O)O)cc4OCSB)cc(C(=O)NCCCc4c(OCSB)cc(C(=O)O)cc4OCSB)c3C1(C)C)C2(C)C. The summed E-state index contributed by atoms with van der Waals surface area (Å²) in [5.41, 5.74) is 1.91. The lowest BCUT2D eigenvalue weighted by molar-refractivity contribution is -0.437. The number of carbonyl (C=O) groups is 8. The zero-order chi connectivity index (χ0) is 93.8. The lowest BCUT2D eigenvalue weighted by Crippen LogP contribution is -2.32. The number of amides is 4. The van der Waals surface area contributed by atoms with Crippen LogP contribution in [0.4, 0.5) is 11.4 Å². The fourth-order valence-corrected chi connectivity index (χ4v) is 18.2. The van der Waals surface area contributed by atoms with Gasteiger partial charge in [-0.1, -0.05) is 19.9 Å². The maximum atomic E-state index is 15.4. The summed E-state index contributed by atoms with van der Waals surface area (Å²) in [4.78, 5) is 112. The number of hydrogen-bond acceptors (Lipinski definition) is 26. The third-order valence-electron chi connectivity index (χ3n) is 20.5. The van der Waals surface area contributed by atoms with Crippen molar-refractivity contribution in [2.75, 3.05) is 99.2 Å². The second-order valence-electron chi connectivity index (χ2n) is 29.9. The molecule has 6 aromatic rings. The number of hydrogen-bond donors (Lipinski definition) is 10. The molecule has 0 saturated carbocycles. The molecule has 6 aromatic carbocycles. The first-order valence-electron chi connectivity index (χ1n) is 39.9. The molecule has 2 aliphatic heterocycles. The van der Waals surface area contributed by atoms with Crippen molar-refractivity contribution in [1.82, 2.24) is 21.3 Å². The molecule has 2 heterocycles. The maximum absolute atomic E-state index is 15.4. The smallest absolute Gasteiger partial charge is 0.335 e. The molecular weight excluding hydrogens is 2130 g/mol. The van der Waals surface area contributed by atoms with Crippen LogP contribution in [0.1, 0.15) is 182 Å². The van der Waals surface area contributed by atoms with Crippen molar-refractivity contribution in [2.24, 2.45) is 0 Å². The molecule has 0 aliphatic carbocycles. The van der Waals surface area contributed by atoms with Gasteiger partial charge in [-0.15, -0.1) is 0 Å². The van der Waals surface area contributed by atoms with E-state index in [9.17, 15) is 75.1 Å². The lowest BCUT2D eigenvalue weighted by Gasteiger charge is -2.27. The Bertz CT molecular complexity index is 5400. The molecule has 8 rings (SSSR count). The minimum atomic E-state index is -4.60. The van der Waals surface area contributed by atoms with Gasteiger partial charge in [-0.2, -0.15) is 79.5 Å². The second kappa shape index (κ2) is 50.4. The van der Waals surface area contributed by atoms with Crippen LogP contribution in [0.15, 0.2) is 96.7 Å². The van der Waals surface area contributed by atoms with Crippen LogP contribution in [0.3, 0.4) is 0 Å². The average Bonchev–Trinajstić information content (AvgIpc) is 1.57. The molecule has 0 saturated heterocycles. The van der Waals surface area contributed by atoms with E-state index in [1.807, 2.05) is 131 Å². The van der Waals surface area contributed by atoms with Crippen LogP contribution in [0.2, 0.25) is 0 Å². The van der Waals surface area contributed by atoms with Crippen molar-refractivity contribution in [3.05, 3.63) is 175 Å². The fourth-order valence-electron chi connectivity index (χ4n) is 15.0. The zero-order valence-corrected chi connectivity index (χ0v) is 84.0. The number of halogens is 3. The first-order valence-corrected chi connectivity index (χ1v) is 54.7. The molecular formula is C81H99B5I3N6O26S7+. The Hall–Kier alpha value is -7.49. The molecule has 686 valence electrons. The number of nitrogens with one attached hydrogen (secondary N) is 4.